The normalized spacial score (nSPS) is 15.6. The quantitative estimate of drug-likeness (QED) is 0.464. The lowest BCUT2D eigenvalue weighted by Crippen LogP contribution is -2.37. The summed E-state index contributed by atoms with van der Waals surface area (Å²) in [5, 5.41) is 3.61. The van der Waals surface area contributed by atoms with E-state index in [0.717, 1.165) is 5.56 Å². The molecule has 1 aliphatic heterocycles. The van der Waals surface area contributed by atoms with Crippen molar-refractivity contribution in [2.24, 2.45) is 0 Å². The lowest BCUT2D eigenvalue weighted by atomic mass is 10.1. The number of nitrogens with zero attached hydrogens (tertiary/aromatic N) is 2. The van der Waals surface area contributed by atoms with Crippen LogP contribution in [-0.2, 0) is 16.1 Å². The van der Waals surface area contributed by atoms with Gasteiger partial charge in [-0.2, -0.15) is 0 Å². The van der Waals surface area contributed by atoms with Crippen molar-refractivity contribution in [2.75, 3.05) is 17.3 Å². The molecule has 1 aliphatic rings. The van der Waals surface area contributed by atoms with E-state index in [1.54, 1.807) is 72.7 Å². The fraction of sp³-hybridized carbons (Fsp3) is 0.160. The number of nitrogens with one attached hydrogen (secondary N) is 1. The highest BCUT2D eigenvalue weighted by molar-refractivity contribution is 7.80. The zero-order chi connectivity index (χ0) is 24.2. The molecule has 0 aromatic heterocycles. The number of carbonyl (C=O) groups is 2. The summed E-state index contributed by atoms with van der Waals surface area (Å²) in [6.45, 7) is 0.246. The van der Waals surface area contributed by atoms with E-state index in [1.165, 1.54) is 17.0 Å². The maximum atomic E-state index is 13.5. The van der Waals surface area contributed by atoms with Crippen molar-refractivity contribution < 1.29 is 18.7 Å². The molecule has 0 saturated carbocycles. The molecule has 2 amide bonds. The van der Waals surface area contributed by atoms with Crippen molar-refractivity contribution in [3.8, 4) is 5.75 Å². The minimum absolute atomic E-state index is 0.116. The van der Waals surface area contributed by atoms with E-state index in [-0.39, 0.29) is 35.7 Å². The molecule has 1 saturated heterocycles. The molecule has 0 spiro atoms. The Balaban J connectivity index is 1.59. The van der Waals surface area contributed by atoms with Crippen LogP contribution in [0.2, 0.25) is 5.02 Å². The van der Waals surface area contributed by atoms with Gasteiger partial charge in [0.25, 0.3) is 5.91 Å². The van der Waals surface area contributed by atoms with Gasteiger partial charge in [-0.25, -0.2) is 4.39 Å². The number of methoxy groups -OCH3 is 1. The highest BCUT2D eigenvalue weighted by atomic mass is 35.5. The maximum Gasteiger partial charge on any atom is 0.256 e. The Morgan fingerprint density at radius 1 is 1.06 bits per heavy atom. The summed E-state index contributed by atoms with van der Waals surface area (Å²) in [7, 11) is 1.56. The number of amides is 2. The van der Waals surface area contributed by atoms with Gasteiger partial charge in [-0.05, 0) is 78.4 Å². The Hall–Kier alpha value is -3.49. The van der Waals surface area contributed by atoms with Crippen molar-refractivity contribution in [3.63, 3.8) is 0 Å². The number of benzene rings is 3. The first-order valence-corrected chi connectivity index (χ1v) is 11.2. The summed E-state index contributed by atoms with van der Waals surface area (Å²) in [5.74, 6) is -0.376. The first kappa shape index (κ1) is 23.7. The van der Waals surface area contributed by atoms with E-state index in [9.17, 15) is 14.0 Å². The summed E-state index contributed by atoms with van der Waals surface area (Å²) in [5.41, 5.74) is 1.90. The van der Waals surface area contributed by atoms with E-state index in [4.69, 9.17) is 28.6 Å². The Morgan fingerprint density at radius 2 is 1.71 bits per heavy atom. The molecule has 3 aromatic rings. The standard InChI is InChI=1S/C25H21ClFN3O3S/c1-33-21-12-10-20(11-13-21)30-24(32)22(14-23(31)28-19-8-4-17(26)5-9-19)29(25(30)34)15-16-2-6-18(27)7-3-16/h2-13,22H,14-15H2,1H3,(H,28,31). The van der Waals surface area contributed by atoms with Crippen molar-refractivity contribution in [2.45, 2.75) is 19.0 Å². The van der Waals surface area contributed by atoms with E-state index in [1.807, 2.05) is 0 Å². The number of rotatable bonds is 7. The van der Waals surface area contributed by atoms with Gasteiger partial charge in [0.15, 0.2) is 5.11 Å². The molecule has 1 unspecified atom stereocenters. The van der Waals surface area contributed by atoms with E-state index < -0.39 is 6.04 Å². The molecule has 9 heteroatoms. The second-order valence-corrected chi connectivity index (χ2v) is 8.49. The van der Waals surface area contributed by atoms with Crippen LogP contribution in [0.5, 0.6) is 5.75 Å². The molecule has 174 valence electrons. The number of hydrogen-bond donors (Lipinski definition) is 1. The molecule has 1 heterocycles. The molecule has 0 radical (unpaired) electrons. The summed E-state index contributed by atoms with van der Waals surface area (Å²) in [6.07, 6.45) is -0.116. The third kappa shape index (κ3) is 5.18. The molecule has 34 heavy (non-hydrogen) atoms. The number of carbonyl (C=O) groups excluding carboxylic acids is 2. The topological polar surface area (TPSA) is 61.9 Å². The molecule has 1 atom stereocenters. The van der Waals surface area contributed by atoms with Crippen LogP contribution < -0.4 is 15.0 Å². The number of hydrogen-bond acceptors (Lipinski definition) is 4. The molecule has 3 aromatic carbocycles. The van der Waals surface area contributed by atoms with E-state index >= 15 is 0 Å². The lowest BCUT2D eigenvalue weighted by Gasteiger charge is -2.24. The van der Waals surface area contributed by atoms with Crippen LogP contribution in [0.15, 0.2) is 72.8 Å². The van der Waals surface area contributed by atoms with Gasteiger partial charge in [0.05, 0.1) is 19.2 Å². The van der Waals surface area contributed by atoms with Crippen LogP contribution in [0.4, 0.5) is 15.8 Å². The van der Waals surface area contributed by atoms with Crippen LogP contribution in [0, 0.1) is 5.82 Å². The summed E-state index contributed by atoms with van der Waals surface area (Å²) < 4.78 is 18.6. The Morgan fingerprint density at radius 3 is 2.32 bits per heavy atom. The molecule has 4 rings (SSSR count). The SMILES string of the molecule is COc1ccc(N2C(=O)C(CC(=O)Nc3ccc(Cl)cc3)N(Cc3ccc(F)cc3)C2=S)cc1. The third-order valence-corrected chi connectivity index (χ3v) is 6.09. The van der Waals surface area contributed by atoms with Crippen molar-refractivity contribution in [1.29, 1.82) is 0 Å². The fourth-order valence-corrected chi connectivity index (χ4v) is 4.20. The Kier molecular flexibility index (Phi) is 7.09. The lowest BCUT2D eigenvalue weighted by molar-refractivity contribution is -0.124. The number of ether oxygens (including phenoxy) is 1. The van der Waals surface area contributed by atoms with Gasteiger partial charge in [-0.15, -0.1) is 0 Å². The zero-order valence-corrected chi connectivity index (χ0v) is 19.8. The minimum atomic E-state index is -0.827. The first-order chi connectivity index (χ1) is 16.4. The Labute approximate surface area is 206 Å². The predicted molar refractivity (Wildman–Crippen MR) is 134 cm³/mol. The monoisotopic (exact) mass is 497 g/mol. The number of halogens is 2. The molecular weight excluding hydrogens is 477 g/mol. The smallest absolute Gasteiger partial charge is 0.256 e. The fourth-order valence-electron chi connectivity index (χ4n) is 3.69. The first-order valence-electron chi connectivity index (χ1n) is 10.4. The molecule has 1 fully saturated rings. The van der Waals surface area contributed by atoms with Crippen LogP contribution in [0.25, 0.3) is 0 Å². The second-order valence-electron chi connectivity index (χ2n) is 7.68. The van der Waals surface area contributed by atoms with Crippen LogP contribution in [0.3, 0.4) is 0 Å². The van der Waals surface area contributed by atoms with Gasteiger partial charge < -0.3 is 15.0 Å². The summed E-state index contributed by atoms with van der Waals surface area (Å²) in [4.78, 5) is 29.4. The molecular formula is C25H21ClFN3O3S. The van der Waals surface area contributed by atoms with Crippen LogP contribution in [-0.4, -0.2) is 35.0 Å². The van der Waals surface area contributed by atoms with Gasteiger partial charge in [0.1, 0.15) is 17.6 Å². The van der Waals surface area contributed by atoms with E-state index in [2.05, 4.69) is 5.32 Å². The maximum absolute atomic E-state index is 13.5. The average molecular weight is 498 g/mol. The van der Waals surface area contributed by atoms with Gasteiger partial charge in [0, 0.05) is 17.3 Å². The number of thiocarbonyl (C=S) groups is 1. The Bertz CT molecular complexity index is 1200. The third-order valence-electron chi connectivity index (χ3n) is 5.42. The molecule has 6 nitrogen and oxygen atoms in total. The average Bonchev–Trinajstić information content (AvgIpc) is 3.06. The molecule has 1 N–H and O–H groups in total. The zero-order valence-electron chi connectivity index (χ0n) is 18.2. The van der Waals surface area contributed by atoms with Gasteiger partial charge in [0.2, 0.25) is 5.91 Å². The highest BCUT2D eigenvalue weighted by Gasteiger charge is 2.44. The van der Waals surface area contributed by atoms with Gasteiger partial charge >= 0.3 is 0 Å². The van der Waals surface area contributed by atoms with Crippen LogP contribution >= 0.6 is 23.8 Å². The van der Waals surface area contributed by atoms with Crippen molar-refractivity contribution in [3.05, 3.63) is 89.2 Å². The highest BCUT2D eigenvalue weighted by Crippen LogP contribution is 2.30. The predicted octanol–water partition coefficient (Wildman–Crippen LogP) is 5.02. The minimum Gasteiger partial charge on any atom is -0.497 e. The summed E-state index contributed by atoms with van der Waals surface area (Å²) >= 11 is 11.6. The van der Waals surface area contributed by atoms with Crippen LogP contribution in [0.1, 0.15) is 12.0 Å². The van der Waals surface area contributed by atoms with Gasteiger partial charge in [-0.1, -0.05) is 23.7 Å². The largest absolute Gasteiger partial charge is 0.497 e. The number of anilines is 2. The van der Waals surface area contributed by atoms with Crippen molar-refractivity contribution in [1.82, 2.24) is 4.90 Å². The molecule has 0 bridgehead atoms. The van der Waals surface area contributed by atoms with Gasteiger partial charge in [-0.3, -0.25) is 14.5 Å². The second kappa shape index (κ2) is 10.2. The molecule has 0 aliphatic carbocycles. The summed E-state index contributed by atoms with van der Waals surface area (Å²) in [6, 6.07) is 18.7. The van der Waals surface area contributed by atoms with E-state index in [0.29, 0.717) is 22.1 Å². The van der Waals surface area contributed by atoms with Crippen molar-refractivity contribution >= 4 is 52.1 Å².